The number of hydrogen-bond donors (Lipinski definition) is 1. The summed E-state index contributed by atoms with van der Waals surface area (Å²) in [7, 11) is 0. The molecule has 0 aliphatic carbocycles. The van der Waals surface area contributed by atoms with Gasteiger partial charge >= 0.3 is 0 Å². The summed E-state index contributed by atoms with van der Waals surface area (Å²) in [5.41, 5.74) is 4.98. The summed E-state index contributed by atoms with van der Waals surface area (Å²) in [6, 6.07) is 13.9. The third-order valence-corrected chi connectivity index (χ3v) is 5.17. The zero-order chi connectivity index (χ0) is 20.1. The standard InChI is InChI=1S/C23H29N3O2/c1-4-19-7-5-6-8-21(19)24-22(27)16-25-9-11-26(12-10-25)23(28)20-14-17(2)13-18(3)15-20/h5-8,13-15H,4,9-12,16H2,1-3H3,(H,24,27). The normalized spacial score (nSPS) is 14.8. The van der Waals surface area contributed by atoms with E-state index in [1.807, 2.05) is 55.1 Å². The summed E-state index contributed by atoms with van der Waals surface area (Å²) in [5.74, 6) is 0.0720. The second-order valence-electron chi connectivity index (χ2n) is 7.50. The third kappa shape index (κ3) is 4.98. The Bertz CT molecular complexity index is 834. The van der Waals surface area contributed by atoms with Crippen molar-refractivity contribution >= 4 is 17.5 Å². The minimum absolute atomic E-state index is 0.00464. The molecule has 0 spiro atoms. The average molecular weight is 380 g/mol. The molecule has 2 aromatic rings. The van der Waals surface area contributed by atoms with Crippen LogP contribution in [0.1, 0.15) is 34.0 Å². The second-order valence-corrected chi connectivity index (χ2v) is 7.50. The minimum Gasteiger partial charge on any atom is -0.336 e. The maximum absolute atomic E-state index is 12.8. The fraction of sp³-hybridized carbons (Fsp3) is 0.391. The van der Waals surface area contributed by atoms with E-state index in [2.05, 4.69) is 23.2 Å². The number of hydrogen-bond acceptors (Lipinski definition) is 3. The van der Waals surface area contributed by atoms with E-state index in [-0.39, 0.29) is 11.8 Å². The summed E-state index contributed by atoms with van der Waals surface area (Å²) in [4.78, 5) is 29.2. The number of carbonyl (C=O) groups is 2. The summed E-state index contributed by atoms with van der Waals surface area (Å²) in [6.45, 7) is 9.16. The summed E-state index contributed by atoms with van der Waals surface area (Å²) >= 11 is 0. The Morgan fingerprint density at radius 2 is 1.61 bits per heavy atom. The van der Waals surface area contributed by atoms with Crippen LogP contribution < -0.4 is 5.32 Å². The molecule has 1 aliphatic rings. The highest BCUT2D eigenvalue weighted by atomic mass is 16.2. The van der Waals surface area contributed by atoms with Crippen molar-refractivity contribution in [2.24, 2.45) is 0 Å². The number of nitrogens with one attached hydrogen (secondary N) is 1. The quantitative estimate of drug-likeness (QED) is 0.868. The first-order valence-electron chi connectivity index (χ1n) is 9.94. The molecule has 0 bridgehead atoms. The van der Waals surface area contributed by atoms with Gasteiger partial charge in [-0.3, -0.25) is 14.5 Å². The number of anilines is 1. The number of benzene rings is 2. The third-order valence-electron chi connectivity index (χ3n) is 5.17. The fourth-order valence-electron chi connectivity index (χ4n) is 3.73. The highest BCUT2D eigenvalue weighted by molar-refractivity contribution is 5.95. The zero-order valence-corrected chi connectivity index (χ0v) is 17.0. The van der Waals surface area contributed by atoms with Gasteiger partial charge in [0.25, 0.3) is 5.91 Å². The van der Waals surface area contributed by atoms with Crippen LogP contribution in [0.2, 0.25) is 0 Å². The van der Waals surface area contributed by atoms with E-state index in [0.717, 1.165) is 34.4 Å². The first-order valence-corrected chi connectivity index (χ1v) is 9.94. The van der Waals surface area contributed by atoms with Crippen molar-refractivity contribution in [3.05, 3.63) is 64.7 Å². The van der Waals surface area contributed by atoms with E-state index >= 15 is 0 Å². The molecule has 148 valence electrons. The van der Waals surface area contributed by atoms with E-state index in [0.29, 0.717) is 32.7 Å². The van der Waals surface area contributed by atoms with Crippen LogP contribution in [0.15, 0.2) is 42.5 Å². The van der Waals surface area contributed by atoms with Crippen molar-refractivity contribution in [2.75, 3.05) is 38.0 Å². The molecule has 1 heterocycles. The van der Waals surface area contributed by atoms with Crippen LogP contribution >= 0.6 is 0 Å². The van der Waals surface area contributed by atoms with Gasteiger partial charge in [0, 0.05) is 37.4 Å². The SMILES string of the molecule is CCc1ccccc1NC(=O)CN1CCN(C(=O)c2cc(C)cc(C)c2)CC1. The van der Waals surface area contributed by atoms with Crippen molar-refractivity contribution in [1.29, 1.82) is 0 Å². The maximum atomic E-state index is 12.8. The summed E-state index contributed by atoms with van der Waals surface area (Å²) < 4.78 is 0. The number of para-hydroxylation sites is 1. The lowest BCUT2D eigenvalue weighted by molar-refractivity contribution is -0.117. The second kappa shape index (κ2) is 9.02. The molecule has 3 rings (SSSR count). The monoisotopic (exact) mass is 379 g/mol. The van der Waals surface area contributed by atoms with Gasteiger partial charge in [-0.15, -0.1) is 0 Å². The Hall–Kier alpha value is -2.66. The maximum Gasteiger partial charge on any atom is 0.253 e. The van der Waals surface area contributed by atoms with Crippen molar-refractivity contribution in [1.82, 2.24) is 9.80 Å². The molecule has 5 heteroatoms. The molecule has 5 nitrogen and oxygen atoms in total. The lowest BCUT2D eigenvalue weighted by atomic mass is 10.1. The van der Waals surface area contributed by atoms with Crippen LogP contribution in [0, 0.1) is 13.8 Å². The van der Waals surface area contributed by atoms with Gasteiger partial charge in [0.2, 0.25) is 5.91 Å². The molecule has 0 radical (unpaired) electrons. The van der Waals surface area contributed by atoms with Gasteiger partial charge in [-0.2, -0.15) is 0 Å². The molecule has 0 saturated carbocycles. The predicted octanol–water partition coefficient (Wildman–Crippen LogP) is 3.26. The van der Waals surface area contributed by atoms with Gasteiger partial charge in [-0.1, -0.05) is 42.3 Å². The number of carbonyl (C=O) groups excluding carboxylic acids is 2. The van der Waals surface area contributed by atoms with E-state index in [1.165, 1.54) is 0 Å². The Labute approximate surface area is 167 Å². The topological polar surface area (TPSA) is 52.7 Å². The minimum atomic E-state index is -0.00464. The molecule has 2 amide bonds. The van der Waals surface area contributed by atoms with Crippen LogP contribution in [0.5, 0.6) is 0 Å². The molecule has 28 heavy (non-hydrogen) atoms. The van der Waals surface area contributed by atoms with E-state index in [4.69, 9.17) is 0 Å². The molecule has 1 N–H and O–H groups in total. The number of amides is 2. The molecule has 1 saturated heterocycles. The van der Waals surface area contributed by atoms with Crippen molar-refractivity contribution in [3.8, 4) is 0 Å². The van der Waals surface area contributed by atoms with Gasteiger partial charge in [0.05, 0.1) is 6.54 Å². The van der Waals surface area contributed by atoms with Gasteiger partial charge < -0.3 is 10.2 Å². The van der Waals surface area contributed by atoms with Crippen LogP contribution in [0.4, 0.5) is 5.69 Å². The lowest BCUT2D eigenvalue weighted by Crippen LogP contribution is -2.50. The smallest absolute Gasteiger partial charge is 0.253 e. The lowest BCUT2D eigenvalue weighted by Gasteiger charge is -2.34. The Balaban J connectivity index is 1.52. The van der Waals surface area contributed by atoms with Crippen LogP contribution in [-0.4, -0.2) is 54.3 Å². The van der Waals surface area contributed by atoms with Gasteiger partial charge in [-0.05, 0) is 44.0 Å². The largest absolute Gasteiger partial charge is 0.336 e. The molecule has 1 fully saturated rings. The highest BCUT2D eigenvalue weighted by Gasteiger charge is 2.23. The first kappa shape index (κ1) is 20.1. The van der Waals surface area contributed by atoms with Gasteiger partial charge in [0.15, 0.2) is 0 Å². The molecule has 0 unspecified atom stereocenters. The van der Waals surface area contributed by atoms with Crippen LogP contribution in [0.25, 0.3) is 0 Å². The average Bonchev–Trinajstić information content (AvgIpc) is 2.67. The van der Waals surface area contributed by atoms with Crippen LogP contribution in [0.3, 0.4) is 0 Å². The Morgan fingerprint density at radius 3 is 2.25 bits per heavy atom. The fourth-order valence-corrected chi connectivity index (χ4v) is 3.73. The van der Waals surface area contributed by atoms with E-state index in [1.54, 1.807) is 0 Å². The predicted molar refractivity (Wildman–Crippen MR) is 113 cm³/mol. The van der Waals surface area contributed by atoms with E-state index < -0.39 is 0 Å². The Morgan fingerprint density at radius 1 is 0.964 bits per heavy atom. The molecule has 0 atom stereocenters. The highest BCUT2D eigenvalue weighted by Crippen LogP contribution is 2.16. The van der Waals surface area contributed by atoms with Crippen molar-refractivity contribution in [2.45, 2.75) is 27.2 Å². The van der Waals surface area contributed by atoms with Gasteiger partial charge in [-0.25, -0.2) is 0 Å². The Kier molecular flexibility index (Phi) is 6.47. The number of nitrogens with zero attached hydrogens (tertiary/aromatic N) is 2. The van der Waals surface area contributed by atoms with Crippen molar-refractivity contribution < 1.29 is 9.59 Å². The molecule has 2 aromatic carbocycles. The summed E-state index contributed by atoms with van der Waals surface area (Å²) in [5, 5.41) is 3.02. The number of piperazine rings is 1. The molecule has 0 aromatic heterocycles. The molecule has 1 aliphatic heterocycles. The zero-order valence-electron chi connectivity index (χ0n) is 17.0. The van der Waals surface area contributed by atoms with Crippen LogP contribution in [-0.2, 0) is 11.2 Å². The first-order chi connectivity index (χ1) is 13.5. The van der Waals surface area contributed by atoms with Crippen molar-refractivity contribution in [3.63, 3.8) is 0 Å². The van der Waals surface area contributed by atoms with Gasteiger partial charge in [0.1, 0.15) is 0 Å². The number of aryl methyl sites for hydroxylation is 3. The van der Waals surface area contributed by atoms with E-state index in [9.17, 15) is 9.59 Å². The summed E-state index contributed by atoms with van der Waals surface area (Å²) in [6.07, 6.45) is 0.885. The number of rotatable bonds is 5. The molecular formula is C23H29N3O2. The molecular weight excluding hydrogens is 350 g/mol.